The largest absolute Gasteiger partial charge is 0.378 e. The molecular weight excluding hydrogens is 324 g/mol. The average molecular weight is 341 g/mol. The molecule has 0 spiro atoms. The third-order valence-corrected chi connectivity index (χ3v) is 4.78. The molecule has 3 rings (SSSR count). The fourth-order valence-corrected chi connectivity index (χ4v) is 3.34. The zero-order valence-corrected chi connectivity index (χ0v) is 13.2. The molecule has 5 nitrogen and oxygen atoms in total. The van der Waals surface area contributed by atoms with Gasteiger partial charge in [-0.1, -0.05) is 6.07 Å². The number of ketones is 1. The van der Waals surface area contributed by atoms with E-state index < -0.39 is 6.55 Å². The van der Waals surface area contributed by atoms with Crippen LogP contribution in [0.5, 0.6) is 0 Å². The Hall–Kier alpha value is -1.64. The zero-order valence-electron chi connectivity index (χ0n) is 12.4. The number of ether oxygens (including phenoxy) is 1. The molecule has 1 saturated heterocycles. The second-order valence-electron chi connectivity index (χ2n) is 5.33. The predicted octanol–water partition coefficient (Wildman–Crippen LogP) is 2.81. The van der Waals surface area contributed by atoms with E-state index in [-0.39, 0.29) is 18.4 Å². The number of aromatic nitrogens is 2. The van der Waals surface area contributed by atoms with Gasteiger partial charge >= 0.3 is 6.55 Å². The highest BCUT2D eigenvalue weighted by Gasteiger charge is 2.27. The molecule has 2 aromatic rings. The molecule has 3 heterocycles. The van der Waals surface area contributed by atoms with Crippen molar-refractivity contribution in [2.45, 2.75) is 25.6 Å². The summed E-state index contributed by atoms with van der Waals surface area (Å²) in [5, 5.41) is 1.86. The van der Waals surface area contributed by atoms with Gasteiger partial charge in [-0.15, -0.1) is 11.3 Å². The molecule has 0 saturated carbocycles. The van der Waals surface area contributed by atoms with Crippen LogP contribution in [0.25, 0.3) is 0 Å². The highest BCUT2D eigenvalue weighted by molar-refractivity contribution is 7.12. The standard InChI is InChI=1S/C15H17F2N3O2S/c16-15(17)20-4-3-18-14(20)9-19-5-6-22-10-11(19)8-12(21)13-2-1-7-23-13/h1-4,7,11,15H,5-6,8-10H2/t11-/m1/s1. The Labute approximate surface area is 136 Å². The van der Waals surface area contributed by atoms with Gasteiger partial charge in [0.15, 0.2) is 5.78 Å². The molecule has 1 aliphatic rings. The zero-order chi connectivity index (χ0) is 16.2. The van der Waals surface area contributed by atoms with Crippen molar-refractivity contribution in [2.24, 2.45) is 0 Å². The maximum absolute atomic E-state index is 12.9. The second-order valence-corrected chi connectivity index (χ2v) is 6.28. The number of halogens is 2. The summed E-state index contributed by atoms with van der Waals surface area (Å²) >= 11 is 1.41. The summed E-state index contributed by atoms with van der Waals surface area (Å²) in [6.07, 6.45) is 2.95. The normalized spacial score (nSPS) is 19.3. The van der Waals surface area contributed by atoms with Crippen molar-refractivity contribution in [1.82, 2.24) is 14.5 Å². The van der Waals surface area contributed by atoms with Crippen LogP contribution in [0, 0.1) is 0 Å². The highest BCUT2D eigenvalue weighted by Crippen LogP contribution is 2.20. The topological polar surface area (TPSA) is 47.4 Å². The molecule has 124 valence electrons. The summed E-state index contributed by atoms with van der Waals surface area (Å²) in [4.78, 5) is 19.0. The van der Waals surface area contributed by atoms with E-state index in [2.05, 4.69) is 4.98 Å². The maximum Gasteiger partial charge on any atom is 0.319 e. The van der Waals surface area contributed by atoms with Gasteiger partial charge in [0.2, 0.25) is 0 Å². The number of Topliss-reactive ketones (excluding diaryl/α,β-unsaturated/α-hetero) is 1. The molecule has 0 N–H and O–H groups in total. The summed E-state index contributed by atoms with van der Waals surface area (Å²) in [7, 11) is 0. The summed E-state index contributed by atoms with van der Waals surface area (Å²) in [6, 6.07) is 3.51. The molecule has 8 heteroatoms. The van der Waals surface area contributed by atoms with Crippen molar-refractivity contribution in [3.8, 4) is 0 Å². The molecule has 23 heavy (non-hydrogen) atoms. The SMILES string of the molecule is O=C(C[C@@H]1COCCN1Cc1nccn1C(F)F)c1cccs1. The summed E-state index contributed by atoms with van der Waals surface area (Å²) < 4.78 is 32.2. The van der Waals surface area contributed by atoms with Gasteiger partial charge in [-0.2, -0.15) is 8.78 Å². The van der Waals surface area contributed by atoms with Crippen LogP contribution in [0.3, 0.4) is 0 Å². The van der Waals surface area contributed by atoms with E-state index in [0.717, 1.165) is 4.57 Å². The Balaban J connectivity index is 1.69. The van der Waals surface area contributed by atoms with E-state index in [0.29, 0.717) is 36.9 Å². The minimum absolute atomic E-state index is 0.0534. The maximum atomic E-state index is 12.9. The second kappa shape index (κ2) is 7.29. The van der Waals surface area contributed by atoms with Gasteiger partial charge in [-0.25, -0.2) is 4.98 Å². The van der Waals surface area contributed by atoms with Crippen molar-refractivity contribution in [3.05, 3.63) is 40.6 Å². The van der Waals surface area contributed by atoms with Crippen molar-refractivity contribution in [2.75, 3.05) is 19.8 Å². The van der Waals surface area contributed by atoms with E-state index >= 15 is 0 Å². The van der Waals surface area contributed by atoms with Crippen LogP contribution in [0.15, 0.2) is 29.9 Å². The molecule has 0 amide bonds. The van der Waals surface area contributed by atoms with Crippen molar-refractivity contribution in [1.29, 1.82) is 0 Å². The van der Waals surface area contributed by atoms with Gasteiger partial charge in [0.1, 0.15) is 5.82 Å². The van der Waals surface area contributed by atoms with Crippen LogP contribution in [0.1, 0.15) is 28.5 Å². The Morgan fingerprint density at radius 3 is 3.13 bits per heavy atom. The van der Waals surface area contributed by atoms with E-state index in [4.69, 9.17) is 4.74 Å². The minimum Gasteiger partial charge on any atom is -0.378 e. The van der Waals surface area contributed by atoms with Crippen LogP contribution in [-0.4, -0.2) is 46.0 Å². The van der Waals surface area contributed by atoms with Gasteiger partial charge in [-0.05, 0) is 11.4 Å². The van der Waals surface area contributed by atoms with Gasteiger partial charge in [0, 0.05) is 31.4 Å². The Bertz CT molecular complexity index is 645. The van der Waals surface area contributed by atoms with Crippen molar-refractivity contribution in [3.63, 3.8) is 0 Å². The van der Waals surface area contributed by atoms with E-state index in [1.165, 1.54) is 23.7 Å². The van der Waals surface area contributed by atoms with Gasteiger partial charge in [-0.3, -0.25) is 14.3 Å². The summed E-state index contributed by atoms with van der Waals surface area (Å²) in [5.74, 6) is 0.355. The molecule has 0 aromatic carbocycles. The first-order valence-corrected chi connectivity index (χ1v) is 8.21. The minimum atomic E-state index is -2.61. The fraction of sp³-hybridized carbons (Fsp3) is 0.467. The molecule has 0 unspecified atom stereocenters. The lowest BCUT2D eigenvalue weighted by Gasteiger charge is -2.35. The lowest BCUT2D eigenvalue weighted by atomic mass is 10.1. The summed E-state index contributed by atoms with van der Waals surface area (Å²) in [5.41, 5.74) is 0. The molecule has 0 aliphatic carbocycles. The average Bonchev–Trinajstić information content (AvgIpc) is 3.20. The first-order valence-electron chi connectivity index (χ1n) is 7.33. The monoisotopic (exact) mass is 341 g/mol. The van der Waals surface area contributed by atoms with Crippen LogP contribution < -0.4 is 0 Å². The number of morpholine rings is 1. The Morgan fingerprint density at radius 2 is 2.39 bits per heavy atom. The third-order valence-electron chi connectivity index (χ3n) is 3.87. The Morgan fingerprint density at radius 1 is 1.52 bits per heavy atom. The Kier molecular flexibility index (Phi) is 5.14. The van der Waals surface area contributed by atoms with Gasteiger partial charge < -0.3 is 4.74 Å². The number of carbonyl (C=O) groups is 1. The number of imidazole rings is 1. The van der Waals surface area contributed by atoms with E-state index in [9.17, 15) is 13.6 Å². The predicted molar refractivity (Wildman–Crippen MR) is 81.8 cm³/mol. The van der Waals surface area contributed by atoms with Crippen LogP contribution in [0.2, 0.25) is 0 Å². The lowest BCUT2D eigenvalue weighted by Crippen LogP contribution is -2.46. The van der Waals surface area contributed by atoms with Crippen molar-refractivity contribution < 1.29 is 18.3 Å². The molecule has 1 atom stereocenters. The number of alkyl halides is 2. The van der Waals surface area contributed by atoms with Crippen molar-refractivity contribution >= 4 is 17.1 Å². The summed E-state index contributed by atoms with van der Waals surface area (Å²) in [6.45, 7) is -0.785. The third kappa shape index (κ3) is 3.82. The molecule has 1 aliphatic heterocycles. The van der Waals surface area contributed by atoms with Crippen LogP contribution >= 0.6 is 11.3 Å². The number of nitrogens with zero attached hydrogens (tertiary/aromatic N) is 3. The number of hydrogen-bond acceptors (Lipinski definition) is 5. The number of rotatable bonds is 6. The lowest BCUT2D eigenvalue weighted by molar-refractivity contribution is -0.0164. The molecule has 2 aromatic heterocycles. The van der Waals surface area contributed by atoms with Gasteiger partial charge in [0.05, 0.1) is 24.6 Å². The molecule has 1 fully saturated rings. The first-order chi connectivity index (χ1) is 11.1. The number of hydrogen-bond donors (Lipinski definition) is 0. The smallest absolute Gasteiger partial charge is 0.319 e. The number of carbonyl (C=O) groups excluding carboxylic acids is 1. The molecule has 0 bridgehead atoms. The fourth-order valence-electron chi connectivity index (χ4n) is 2.66. The molecular formula is C15H17F2N3O2S. The first kappa shape index (κ1) is 16.2. The quantitative estimate of drug-likeness (QED) is 0.758. The van der Waals surface area contributed by atoms with E-state index in [1.54, 1.807) is 6.07 Å². The van der Waals surface area contributed by atoms with Crippen LogP contribution in [0.4, 0.5) is 8.78 Å². The van der Waals surface area contributed by atoms with Gasteiger partial charge in [0.25, 0.3) is 0 Å². The number of thiophene rings is 1. The van der Waals surface area contributed by atoms with Crippen LogP contribution in [-0.2, 0) is 11.3 Å². The molecule has 0 radical (unpaired) electrons. The highest BCUT2D eigenvalue weighted by atomic mass is 32.1. The van der Waals surface area contributed by atoms with E-state index in [1.807, 2.05) is 16.3 Å².